The third-order valence-corrected chi connectivity index (χ3v) is 3.46. The zero-order chi connectivity index (χ0) is 14.7. The van der Waals surface area contributed by atoms with E-state index >= 15 is 0 Å². The summed E-state index contributed by atoms with van der Waals surface area (Å²) >= 11 is 0. The van der Waals surface area contributed by atoms with Crippen LogP contribution in [0.3, 0.4) is 0 Å². The maximum atomic E-state index is 5.83. The number of hydrogen-bond donors (Lipinski definition) is 1. The van der Waals surface area contributed by atoms with E-state index in [1.54, 1.807) is 12.4 Å². The van der Waals surface area contributed by atoms with Crippen molar-refractivity contribution in [1.82, 2.24) is 15.0 Å². The van der Waals surface area contributed by atoms with E-state index < -0.39 is 0 Å². The van der Waals surface area contributed by atoms with Crippen LogP contribution in [0.15, 0.2) is 30.7 Å². The number of hydrogen-bond acceptors (Lipinski definition) is 5. The van der Waals surface area contributed by atoms with Gasteiger partial charge in [-0.05, 0) is 44.4 Å². The fourth-order valence-corrected chi connectivity index (χ4v) is 2.52. The minimum absolute atomic E-state index is 0.0591. The molecule has 0 bridgehead atoms. The molecule has 1 fully saturated rings. The van der Waals surface area contributed by atoms with Gasteiger partial charge in [0.1, 0.15) is 6.10 Å². The highest BCUT2D eigenvalue weighted by Crippen LogP contribution is 2.34. The Bertz CT molecular complexity index is 594. The van der Waals surface area contributed by atoms with E-state index in [1.807, 2.05) is 18.3 Å². The number of ether oxygens (including phenoxy) is 1. The van der Waals surface area contributed by atoms with Crippen molar-refractivity contribution < 1.29 is 4.74 Å². The van der Waals surface area contributed by atoms with Gasteiger partial charge in [-0.1, -0.05) is 0 Å². The van der Waals surface area contributed by atoms with Gasteiger partial charge in [-0.3, -0.25) is 4.98 Å². The summed E-state index contributed by atoms with van der Waals surface area (Å²) in [4.78, 5) is 13.2. The summed E-state index contributed by atoms with van der Waals surface area (Å²) < 4.78 is 5.83. The van der Waals surface area contributed by atoms with Gasteiger partial charge in [0.05, 0.1) is 5.69 Å². The molecule has 1 saturated heterocycles. The average molecular weight is 284 g/mol. The van der Waals surface area contributed by atoms with Crippen molar-refractivity contribution in [2.75, 3.05) is 11.9 Å². The number of aromatic nitrogens is 3. The van der Waals surface area contributed by atoms with E-state index in [-0.39, 0.29) is 6.10 Å². The topological polar surface area (TPSA) is 59.9 Å². The fraction of sp³-hybridized carbons (Fsp3) is 0.438. The normalized spacial score (nSPS) is 18.1. The average Bonchev–Trinajstić information content (AvgIpc) is 3.01. The van der Waals surface area contributed by atoms with E-state index in [4.69, 9.17) is 9.72 Å². The van der Waals surface area contributed by atoms with Crippen LogP contribution < -0.4 is 5.32 Å². The molecule has 1 atom stereocenters. The first-order chi connectivity index (χ1) is 10.2. The molecular weight excluding hydrogens is 264 g/mol. The van der Waals surface area contributed by atoms with E-state index in [2.05, 4.69) is 29.1 Å². The Hall–Kier alpha value is -2.01. The lowest BCUT2D eigenvalue weighted by Crippen LogP contribution is -2.14. The third-order valence-electron chi connectivity index (χ3n) is 3.46. The lowest BCUT2D eigenvalue weighted by molar-refractivity contribution is 0.109. The largest absolute Gasteiger partial charge is 0.372 e. The molecule has 0 amide bonds. The van der Waals surface area contributed by atoms with Gasteiger partial charge in [-0.25, -0.2) is 9.97 Å². The summed E-state index contributed by atoms with van der Waals surface area (Å²) in [5, 5.41) is 3.26. The second kappa shape index (κ2) is 6.18. The lowest BCUT2D eigenvalue weighted by atomic mass is 10.0. The first-order valence-electron chi connectivity index (χ1n) is 7.39. The predicted octanol–water partition coefficient (Wildman–Crippen LogP) is 3.21. The quantitative estimate of drug-likeness (QED) is 0.934. The van der Waals surface area contributed by atoms with E-state index in [9.17, 15) is 0 Å². The Labute approximate surface area is 124 Å². The van der Waals surface area contributed by atoms with Gasteiger partial charge in [0.2, 0.25) is 5.95 Å². The molecule has 110 valence electrons. The molecule has 3 heterocycles. The van der Waals surface area contributed by atoms with Gasteiger partial charge < -0.3 is 10.1 Å². The van der Waals surface area contributed by atoms with Gasteiger partial charge in [0, 0.05) is 36.8 Å². The first-order valence-corrected chi connectivity index (χ1v) is 7.39. The monoisotopic (exact) mass is 284 g/mol. The summed E-state index contributed by atoms with van der Waals surface area (Å²) in [5.74, 6) is 0.660. The second-order valence-corrected chi connectivity index (χ2v) is 5.53. The number of nitrogens with zero attached hydrogens (tertiary/aromatic N) is 3. The van der Waals surface area contributed by atoms with Gasteiger partial charge in [-0.2, -0.15) is 0 Å². The van der Waals surface area contributed by atoms with Crippen LogP contribution in [0.4, 0.5) is 5.95 Å². The molecule has 2 aromatic rings. The van der Waals surface area contributed by atoms with Gasteiger partial charge in [-0.15, -0.1) is 0 Å². The number of anilines is 1. The van der Waals surface area contributed by atoms with Crippen LogP contribution in [-0.2, 0) is 4.74 Å². The number of pyridine rings is 1. The number of rotatable bonds is 4. The van der Waals surface area contributed by atoms with Crippen molar-refractivity contribution in [3.8, 4) is 11.1 Å². The minimum atomic E-state index is 0.0591. The van der Waals surface area contributed by atoms with E-state index in [0.29, 0.717) is 12.0 Å². The highest BCUT2D eigenvalue weighted by molar-refractivity contribution is 5.65. The Morgan fingerprint density at radius 1 is 1.29 bits per heavy atom. The fourth-order valence-electron chi connectivity index (χ4n) is 2.52. The van der Waals surface area contributed by atoms with Crippen LogP contribution in [0.1, 0.15) is 38.5 Å². The summed E-state index contributed by atoms with van der Waals surface area (Å²) in [6.45, 7) is 4.95. The van der Waals surface area contributed by atoms with Crippen molar-refractivity contribution in [2.24, 2.45) is 0 Å². The minimum Gasteiger partial charge on any atom is -0.372 e. The summed E-state index contributed by atoms with van der Waals surface area (Å²) in [6, 6.07) is 4.26. The Balaban J connectivity index is 2.02. The molecule has 0 unspecified atom stereocenters. The SMILES string of the molecule is CC(C)Nc1ncc(-c2ccncc2)c([C@H]2CCCO2)n1. The van der Waals surface area contributed by atoms with Crippen LogP contribution >= 0.6 is 0 Å². The van der Waals surface area contributed by atoms with Crippen LogP contribution in [0.25, 0.3) is 11.1 Å². The summed E-state index contributed by atoms with van der Waals surface area (Å²) in [5.41, 5.74) is 3.07. The molecule has 1 aliphatic heterocycles. The first kappa shape index (κ1) is 13.9. The molecule has 5 nitrogen and oxygen atoms in total. The lowest BCUT2D eigenvalue weighted by Gasteiger charge is -2.16. The third kappa shape index (κ3) is 3.19. The molecule has 0 spiro atoms. The maximum Gasteiger partial charge on any atom is 0.223 e. The van der Waals surface area contributed by atoms with Crippen molar-refractivity contribution in [2.45, 2.75) is 38.8 Å². The van der Waals surface area contributed by atoms with Gasteiger partial charge in [0.15, 0.2) is 0 Å². The van der Waals surface area contributed by atoms with Crippen molar-refractivity contribution in [1.29, 1.82) is 0 Å². The molecule has 0 radical (unpaired) electrons. The highest BCUT2D eigenvalue weighted by Gasteiger charge is 2.23. The van der Waals surface area contributed by atoms with E-state index in [0.717, 1.165) is 36.3 Å². The Morgan fingerprint density at radius 2 is 2.10 bits per heavy atom. The molecule has 1 N–H and O–H groups in total. The van der Waals surface area contributed by atoms with Crippen molar-refractivity contribution in [3.05, 3.63) is 36.4 Å². The van der Waals surface area contributed by atoms with Gasteiger partial charge >= 0.3 is 0 Å². The second-order valence-electron chi connectivity index (χ2n) is 5.53. The molecule has 5 heteroatoms. The predicted molar refractivity (Wildman–Crippen MR) is 81.9 cm³/mol. The zero-order valence-corrected chi connectivity index (χ0v) is 12.4. The standard InChI is InChI=1S/C16H20N4O/c1-11(2)19-16-18-10-13(12-5-7-17-8-6-12)15(20-16)14-4-3-9-21-14/h5-8,10-11,14H,3-4,9H2,1-2H3,(H,18,19,20)/t14-/m1/s1. The van der Waals surface area contributed by atoms with E-state index in [1.165, 1.54) is 0 Å². The van der Waals surface area contributed by atoms with Crippen molar-refractivity contribution in [3.63, 3.8) is 0 Å². The van der Waals surface area contributed by atoms with Gasteiger partial charge in [0.25, 0.3) is 0 Å². The summed E-state index contributed by atoms with van der Waals surface area (Å²) in [7, 11) is 0. The Kier molecular flexibility index (Phi) is 4.10. The number of nitrogens with one attached hydrogen (secondary N) is 1. The molecule has 0 aromatic carbocycles. The molecule has 0 aliphatic carbocycles. The molecular formula is C16H20N4O. The maximum absolute atomic E-state index is 5.83. The molecule has 2 aromatic heterocycles. The van der Waals surface area contributed by atoms with Crippen LogP contribution in [-0.4, -0.2) is 27.6 Å². The molecule has 21 heavy (non-hydrogen) atoms. The molecule has 0 saturated carbocycles. The zero-order valence-electron chi connectivity index (χ0n) is 12.4. The molecule has 1 aliphatic rings. The van der Waals surface area contributed by atoms with Crippen LogP contribution in [0, 0.1) is 0 Å². The summed E-state index contributed by atoms with van der Waals surface area (Å²) in [6.07, 6.45) is 7.60. The smallest absolute Gasteiger partial charge is 0.223 e. The highest BCUT2D eigenvalue weighted by atomic mass is 16.5. The van der Waals surface area contributed by atoms with Crippen molar-refractivity contribution >= 4 is 5.95 Å². The van der Waals surface area contributed by atoms with Crippen LogP contribution in [0.2, 0.25) is 0 Å². The Morgan fingerprint density at radius 3 is 2.76 bits per heavy atom. The van der Waals surface area contributed by atoms with Crippen LogP contribution in [0.5, 0.6) is 0 Å². The molecule has 3 rings (SSSR count).